The highest BCUT2D eigenvalue weighted by Gasteiger charge is 2.32. The summed E-state index contributed by atoms with van der Waals surface area (Å²) in [6.45, 7) is 2.36. The van der Waals surface area contributed by atoms with Gasteiger partial charge in [0.05, 0.1) is 30.2 Å². The smallest absolute Gasteiger partial charge is 0.224 e. The molecule has 4 aromatic rings. The van der Waals surface area contributed by atoms with Crippen LogP contribution in [0.15, 0.2) is 77.1 Å². The van der Waals surface area contributed by atoms with Gasteiger partial charge in [-0.1, -0.05) is 90.2 Å². The summed E-state index contributed by atoms with van der Waals surface area (Å²) in [5.74, 6) is 0.625. The molecule has 3 aromatic carbocycles. The van der Waals surface area contributed by atoms with Crippen molar-refractivity contribution in [2.24, 2.45) is 0 Å². The molecule has 0 radical (unpaired) electrons. The number of amides is 2. The third-order valence-corrected chi connectivity index (χ3v) is 9.90. The van der Waals surface area contributed by atoms with E-state index in [0.29, 0.717) is 50.0 Å². The standard InChI is InChI=1S/C35H41N5O5S2/c1-23-39-40-35(47-23)46-22-28-19-31(26-15-13-25(21-41)14-16-26)45-34(44-28)27-17-11-24(12-18-27)20-37-32(42)9-3-2-4-10-33(43)38-30-8-6-5-7-29(30)36/h5-8,11-18,28,31,34,41H,2-4,9-10,19-22,36H2,1H3,(H,37,42)(H,38,43)/t28-,31+,34+/m0/s1. The van der Waals surface area contributed by atoms with Gasteiger partial charge in [-0.05, 0) is 48.6 Å². The molecule has 0 aliphatic carbocycles. The number of aromatic nitrogens is 2. The molecule has 2 heterocycles. The maximum atomic E-state index is 12.5. The normalized spacial score (nSPS) is 17.7. The van der Waals surface area contributed by atoms with E-state index >= 15 is 0 Å². The van der Waals surface area contributed by atoms with Gasteiger partial charge in [0, 0.05) is 37.1 Å². The Kier molecular flexibility index (Phi) is 12.8. The number of aliphatic hydroxyl groups excluding tert-OH is 1. The first-order valence-corrected chi connectivity index (χ1v) is 17.6. The van der Waals surface area contributed by atoms with Crippen LogP contribution >= 0.6 is 23.1 Å². The van der Waals surface area contributed by atoms with Crippen LogP contribution in [0.4, 0.5) is 11.4 Å². The Balaban J connectivity index is 1.07. The van der Waals surface area contributed by atoms with Gasteiger partial charge in [0.2, 0.25) is 11.8 Å². The highest BCUT2D eigenvalue weighted by molar-refractivity contribution is 8.01. The van der Waals surface area contributed by atoms with Gasteiger partial charge in [0.15, 0.2) is 10.6 Å². The lowest BCUT2D eigenvalue weighted by Crippen LogP contribution is -2.31. The van der Waals surface area contributed by atoms with Crippen molar-refractivity contribution in [3.63, 3.8) is 0 Å². The molecule has 10 nitrogen and oxygen atoms in total. The van der Waals surface area contributed by atoms with Crippen LogP contribution in [0.1, 0.15) is 78.2 Å². The van der Waals surface area contributed by atoms with Gasteiger partial charge in [0.25, 0.3) is 0 Å². The van der Waals surface area contributed by atoms with E-state index in [2.05, 4.69) is 20.8 Å². The predicted octanol–water partition coefficient (Wildman–Crippen LogP) is 6.46. The first kappa shape index (κ1) is 34.5. The summed E-state index contributed by atoms with van der Waals surface area (Å²) in [6, 6.07) is 22.9. The zero-order chi connectivity index (χ0) is 33.0. The summed E-state index contributed by atoms with van der Waals surface area (Å²) >= 11 is 3.21. The summed E-state index contributed by atoms with van der Waals surface area (Å²) in [6.07, 6.45) is 2.90. The highest BCUT2D eigenvalue weighted by atomic mass is 32.2. The Morgan fingerprint density at radius 1 is 0.915 bits per heavy atom. The third-order valence-electron chi connectivity index (χ3n) is 7.80. The van der Waals surface area contributed by atoms with Crippen molar-refractivity contribution in [1.29, 1.82) is 0 Å². The molecule has 2 amide bonds. The molecule has 1 saturated heterocycles. The monoisotopic (exact) mass is 675 g/mol. The molecule has 0 unspecified atom stereocenters. The second-order valence-electron chi connectivity index (χ2n) is 11.5. The lowest BCUT2D eigenvalue weighted by molar-refractivity contribution is -0.245. The average molecular weight is 676 g/mol. The van der Waals surface area contributed by atoms with Gasteiger partial charge in [-0.2, -0.15) is 0 Å². The Bertz CT molecular complexity index is 1600. The molecule has 12 heteroatoms. The van der Waals surface area contributed by atoms with E-state index in [1.165, 1.54) is 0 Å². The number of para-hydroxylation sites is 2. The number of unbranched alkanes of at least 4 members (excludes halogenated alkanes) is 2. The van der Waals surface area contributed by atoms with Gasteiger partial charge in [-0.15, -0.1) is 10.2 Å². The number of aryl methyl sites for hydroxylation is 1. The zero-order valence-corrected chi connectivity index (χ0v) is 28.0. The number of nitrogen functional groups attached to an aromatic ring is 1. The summed E-state index contributed by atoms with van der Waals surface area (Å²) in [4.78, 5) is 24.6. The van der Waals surface area contributed by atoms with E-state index < -0.39 is 6.29 Å². The number of nitrogens with two attached hydrogens (primary N) is 1. The molecule has 5 rings (SSSR count). The minimum atomic E-state index is -0.552. The van der Waals surface area contributed by atoms with E-state index in [9.17, 15) is 14.7 Å². The van der Waals surface area contributed by atoms with E-state index in [1.807, 2.05) is 67.6 Å². The van der Waals surface area contributed by atoms with Crippen LogP contribution in [-0.2, 0) is 32.2 Å². The maximum Gasteiger partial charge on any atom is 0.224 e. The highest BCUT2D eigenvalue weighted by Crippen LogP contribution is 2.39. The number of anilines is 2. The Morgan fingerprint density at radius 2 is 1.62 bits per heavy atom. The lowest BCUT2D eigenvalue weighted by atomic mass is 10.0. The van der Waals surface area contributed by atoms with Crippen LogP contribution in [0.25, 0.3) is 0 Å². The molecular formula is C35H41N5O5S2. The molecule has 5 N–H and O–H groups in total. The Labute approximate surface area is 283 Å². The minimum Gasteiger partial charge on any atom is -0.397 e. The van der Waals surface area contributed by atoms with Gasteiger partial charge in [-0.3, -0.25) is 9.59 Å². The van der Waals surface area contributed by atoms with Crippen molar-refractivity contribution in [2.75, 3.05) is 16.8 Å². The van der Waals surface area contributed by atoms with Crippen LogP contribution < -0.4 is 16.4 Å². The van der Waals surface area contributed by atoms with Gasteiger partial charge >= 0.3 is 0 Å². The van der Waals surface area contributed by atoms with Crippen molar-refractivity contribution in [2.45, 2.75) is 81.4 Å². The molecule has 0 bridgehead atoms. The molecule has 248 valence electrons. The van der Waals surface area contributed by atoms with Gasteiger partial charge in [-0.25, -0.2) is 0 Å². The number of hydrogen-bond acceptors (Lipinski definition) is 10. The average Bonchev–Trinajstić information content (AvgIpc) is 3.52. The fourth-order valence-electron chi connectivity index (χ4n) is 5.18. The topological polar surface area (TPSA) is 149 Å². The summed E-state index contributed by atoms with van der Waals surface area (Å²) in [5, 5.41) is 24.6. The molecule has 0 spiro atoms. The number of ether oxygens (including phenoxy) is 2. The quantitative estimate of drug-likeness (QED) is 0.0633. The van der Waals surface area contributed by atoms with E-state index in [4.69, 9.17) is 15.2 Å². The maximum absolute atomic E-state index is 12.5. The van der Waals surface area contributed by atoms with Crippen molar-refractivity contribution in [1.82, 2.24) is 15.5 Å². The fourth-order valence-corrected chi connectivity index (χ4v) is 7.04. The lowest BCUT2D eigenvalue weighted by Gasteiger charge is -2.36. The van der Waals surface area contributed by atoms with Gasteiger partial charge < -0.3 is 30.9 Å². The molecule has 1 fully saturated rings. The van der Waals surface area contributed by atoms with Crippen LogP contribution in [0.3, 0.4) is 0 Å². The number of carbonyl (C=O) groups is 2. The van der Waals surface area contributed by atoms with Crippen molar-refractivity contribution in [3.8, 4) is 0 Å². The molecule has 3 atom stereocenters. The molecule has 0 saturated carbocycles. The summed E-state index contributed by atoms with van der Waals surface area (Å²) in [5.41, 5.74) is 10.8. The van der Waals surface area contributed by atoms with Crippen LogP contribution in [0.2, 0.25) is 0 Å². The third kappa shape index (κ3) is 10.6. The number of carbonyl (C=O) groups excluding carboxylic acids is 2. The van der Waals surface area contributed by atoms with E-state index in [-0.39, 0.29) is 30.6 Å². The van der Waals surface area contributed by atoms with Crippen LogP contribution in [-0.4, -0.2) is 39.0 Å². The van der Waals surface area contributed by atoms with Crippen molar-refractivity contribution in [3.05, 3.63) is 100 Å². The van der Waals surface area contributed by atoms with Gasteiger partial charge in [0.1, 0.15) is 5.01 Å². The van der Waals surface area contributed by atoms with Crippen LogP contribution in [0, 0.1) is 6.92 Å². The number of aliphatic hydroxyl groups is 1. The largest absolute Gasteiger partial charge is 0.397 e. The fraction of sp³-hybridized carbons (Fsp3) is 0.371. The first-order chi connectivity index (χ1) is 22.9. The summed E-state index contributed by atoms with van der Waals surface area (Å²) < 4.78 is 13.8. The number of benzene rings is 3. The molecule has 1 aliphatic rings. The number of nitrogens with zero attached hydrogens (tertiary/aromatic N) is 2. The summed E-state index contributed by atoms with van der Waals surface area (Å²) in [7, 11) is 0. The van der Waals surface area contributed by atoms with Crippen molar-refractivity contribution < 1.29 is 24.2 Å². The Hall–Kier alpha value is -3.81. The SMILES string of the molecule is Cc1nnc(SC[C@@H]2C[C@H](c3ccc(CO)cc3)O[C@H](c3ccc(CNC(=O)CCCCCC(=O)Nc4ccccc4N)cc3)O2)s1. The molecule has 1 aromatic heterocycles. The van der Waals surface area contributed by atoms with Crippen LogP contribution in [0.5, 0.6) is 0 Å². The first-order valence-electron chi connectivity index (χ1n) is 15.8. The number of nitrogens with one attached hydrogen (secondary N) is 2. The second-order valence-corrected chi connectivity index (χ2v) is 13.9. The molecule has 47 heavy (non-hydrogen) atoms. The predicted molar refractivity (Wildman–Crippen MR) is 185 cm³/mol. The number of hydrogen-bond donors (Lipinski definition) is 4. The van der Waals surface area contributed by atoms with E-state index in [0.717, 1.165) is 43.8 Å². The zero-order valence-electron chi connectivity index (χ0n) is 26.4. The van der Waals surface area contributed by atoms with E-state index in [1.54, 1.807) is 35.2 Å². The Morgan fingerprint density at radius 3 is 2.32 bits per heavy atom. The van der Waals surface area contributed by atoms with Crippen molar-refractivity contribution >= 4 is 46.3 Å². The molecular weight excluding hydrogens is 635 g/mol. The minimum absolute atomic E-state index is 0.00290. The molecule has 1 aliphatic heterocycles. The number of thioether (sulfide) groups is 1. The number of rotatable bonds is 15. The second kappa shape index (κ2) is 17.4.